The van der Waals surface area contributed by atoms with Crippen molar-refractivity contribution < 1.29 is 14.6 Å². The maximum absolute atomic E-state index is 9.00. The maximum atomic E-state index is 9.00. The number of rotatable bonds is 5. The summed E-state index contributed by atoms with van der Waals surface area (Å²) >= 11 is 0. The quantitative estimate of drug-likeness (QED) is 0.753. The highest BCUT2D eigenvalue weighted by molar-refractivity contribution is 5.52. The van der Waals surface area contributed by atoms with Gasteiger partial charge >= 0.3 is 0 Å². The Morgan fingerprint density at radius 1 is 1.33 bits per heavy atom. The second kappa shape index (κ2) is 6.09. The van der Waals surface area contributed by atoms with Gasteiger partial charge < -0.3 is 14.6 Å². The molecule has 1 N–H and O–H groups in total. The Balaban J connectivity index is 2.77. The highest BCUT2D eigenvalue weighted by atomic mass is 16.5. The maximum Gasteiger partial charge on any atom is 0.122 e. The molecule has 0 saturated heterocycles. The van der Waals surface area contributed by atoms with Crippen LogP contribution in [0.25, 0.3) is 6.08 Å². The van der Waals surface area contributed by atoms with Crippen molar-refractivity contribution in [1.29, 1.82) is 0 Å². The van der Waals surface area contributed by atoms with Crippen LogP contribution < -0.4 is 4.74 Å². The summed E-state index contributed by atoms with van der Waals surface area (Å²) < 4.78 is 10.3. The molecule has 0 radical (unpaired) electrons. The zero-order valence-corrected chi connectivity index (χ0v) is 9.06. The van der Waals surface area contributed by atoms with Crippen molar-refractivity contribution in [2.24, 2.45) is 0 Å². The minimum Gasteiger partial charge on any atom is -0.497 e. The molecule has 0 heterocycles. The Hall–Kier alpha value is -1.48. The van der Waals surface area contributed by atoms with E-state index in [1.807, 2.05) is 37.3 Å². The summed E-state index contributed by atoms with van der Waals surface area (Å²) in [7, 11) is 1.63. The third-order valence-corrected chi connectivity index (χ3v) is 1.93. The molecule has 1 aromatic carbocycles. The monoisotopic (exact) mass is 208 g/mol. The van der Waals surface area contributed by atoms with Crippen molar-refractivity contribution in [3.63, 3.8) is 0 Å². The fourth-order valence-corrected chi connectivity index (χ4v) is 1.20. The standard InChI is InChI=1S/C12H16O3/c1-3-15-12(9-13)8-10-4-6-11(14-2)7-5-10/h4-8,13H,3,9H2,1-2H3/b12-8-. The first-order valence-electron chi connectivity index (χ1n) is 4.88. The van der Waals surface area contributed by atoms with E-state index in [-0.39, 0.29) is 6.61 Å². The first-order valence-corrected chi connectivity index (χ1v) is 4.88. The molecule has 3 nitrogen and oxygen atoms in total. The molecule has 0 aliphatic rings. The van der Waals surface area contributed by atoms with Crippen molar-refractivity contribution >= 4 is 6.08 Å². The number of aliphatic hydroxyl groups excluding tert-OH is 1. The highest BCUT2D eigenvalue weighted by Crippen LogP contribution is 2.14. The second-order valence-corrected chi connectivity index (χ2v) is 2.97. The number of aliphatic hydroxyl groups is 1. The number of benzene rings is 1. The molecule has 3 heteroatoms. The van der Waals surface area contributed by atoms with Gasteiger partial charge in [-0.3, -0.25) is 0 Å². The average molecular weight is 208 g/mol. The Morgan fingerprint density at radius 2 is 2.00 bits per heavy atom. The van der Waals surface area contributed by atoms with Gasteiger partial charge in [-0.25, -0.2) is 0 Å². The summed E-state index contributed by atoms with van der Waals surface area (Å²) in [5.41, 5.74) is 0.980. The molecule has 0 aliphatic heterocycles. The van der Waals surface area contributed by atoms with Crippen molar-refractivity contribution in [3.05, 3.63) is 35.6 Å². The summed E-state index contributed by atoms with van der Waals surface area (Å²) in [6, 6.07) is 7.56. The van der Waals surface area contributed by atoms with Gasteiger partial charge in [0.2, 0.25) is 0 Å². The second-order valence-electron chi connectivity index (χ2n) is 2.97. The lowest BCUT2D eigenvalue weighted by molar-refractivity contribution is 0.175. The minimum absolute atomic E-state index is 0.0835. The number of methoxy groups -OCH3 is 1. The summed E-state index contributed by atoms with van der Waals surface area (Å²) in [4.78, 5) is 0. The van der Waals surface area contributed by atoms with E-state index in [1.54, 1.807) is 7.11 Å². The van der Waals surface area contributed by atoms with E-state index in [0.29, 0.717) is 12.4 Å². The normalized spacial score (nSPS) is 11.3. The Morgan fingerprint density at radius 3 is 2.47 bits per heavy atom. The molecule has 0 unspecified atom stereocenters. The van der Waals surface area contributed by atoms with Crippen LogP contribution in [0.15, 0.2) is 30.0 Å². The third-order valence-electron chi connectivity index (χ3n) is 1.93. The van der Waals surface area contributed by atoms with Crippen molar-refractivity contribution in [3.8, 4) is 5.75 Å². The van der Waals surface area contributed by atoms with E-state index in [0.717, 1.165) is 11.3 Å². The molecule has 1 aromatic rings. The van der Waals surface area contributed by atoms with E-state index in [1.165, 1.54) is 0 Å². The van der Waals surface area contributed by atoms with Crippen LogP contribution in [-0.4, -0.2) is 25.4 Å². The van der Waals surface area contributed by atoms with Crippen molar-refractivity contribution in [2.75, 3.05) is 20.3 Å². The zero-order valence-electron chi connectivity index (χ0n) is 9.06. The van der Waals surface area contributed by atoms with Crippen LogP contribution in [0.1, 0.15) is 12.5 Å². The smallest absolute Gasteiger partial charge is 0.122 e. The molecule has 0 aliphatic carbocycles. The fraction of sp³-hybridized carbons (Fsp3) is 0.333. The molecule has 0 fully saturated rings. The number of hydrogen-bond donors (Lipinski definition) is 1. The Kier molecular flexibility index (Phi) is 4.71. The molecular weight excluding hydrogens is 192 g/mol. The van der Waals surface area contributed by atoms with Crippen molar-refractivity contribution in [1.82, 2.24) is 0 Å². The summed E-state index contributed by atoms with van der Waals surface area (Å²) in [5, 5.41) is 9.00. The van der Waals surface area contributed by atoms with Crippen LogP contribution in [0.5, 0.6) is 5.75 Å². The molecule has 1 rings (SSSR count). The average Bonchev–Trinajstić information content (AvgIpc) is 2.29. The summed E-state index contributed by atoms with van der Waals surface area (Å²) in [6.07, 6.45) is 1.81. The number of ether oxygens (including phenoxy) is 2. The van der Waals surface area contributed by atoms with Crippen LogP contribution in [0.4, 0.5) is 0 Å². The lowest BCUT2D eigenvalue weighted by Gasteiger charge is -2.05. The third kappa shape index (κ3) is 3.64. The molecule has 0 aromatic heterocycles. The molecule has 15 heavy (non-hydrogen) atoms. The van der Waals surface area contributed by atoms with Gasteiger partial charge in [0.25, 0.3) is 0 Å². The van der Waals surface area contributed by atoms with E-state index in [4.69, 9.17) is 14.6 Å². The van der Waals surface area contributed by atoms with E-state index >= 15 is 0 Å². The first-order chi connectivity index (χ1) is 7.30. The van der Waals surface area contributed by atoms with E-state index < -0.39 is 0 Å². The summed E-state index contributed by atoms with van der Waals surface area (Å²) in [5.74, 6) is 1.39. The molecule has 0 amide bonds. The lowest BCUT2D eigenvalue weighted by Crippen LogP contribution is -1.96. The largest absolute Gasteiger partial charge is 0.497 e. The van der Waals surface area contributed by atoms with Gasteiger partial charge in [-0.1, -0.05) is 12.1 Å². The molecule has 0 saturated carbocycles. The van der Waals surface area contributed by atoms with Gasteiger partial charge in [0.15, 0.2) is 0 Å². The predicted molar refractivity (Wildman–Crippen MR) is 59.7 cm³/mol. The van der Waals surface area contributed by atoms with Gasteiger partial charge in [0.05, 0.1) is 13.7 Å². The molecular formula is C12H16O3. The Bertz CT molecular complexity index is 314. The highest BCUT2D eigenvalue weighted by Gasteiger charge is 1.96. The van der Waals surface area contributed by atoms with E-state index in [9.17, 15) is 0 Å². The predicted octanol–water partition coefficient (Wildman–Crippen LogP) is 2.06. The Labute approximate surface area is 90.0 Å². The van der Waals surface area contributed by atoms with Gasteiger partial charge in [0.1, 0.15) is 18.1 Å². The van der Waals surface area contributed by atoms with Crippen LogP contribution in [0.2, 0.25) is 0 Å². The van der Waals surface area contributed by atoms with Gasteiger partial charge in [-0.15, -0.1) is 0 Å². The first kappa shape index (κ1) is 11.6. The minimum atomic E-state index is -0.0835. The molecule has 0 atom stereocenters. The van der Waals surface area contributed by atoms with Gasteiger partial charge in [-0.05, 0) is 30.7 Å². The number of hydrogen-bond acceptors (Lipinski definition) is 3. The zero-order chi connectivity index (χ0) is 11.1. The van der Waals surface area contributed by atoms with Gasteiger partial charge in [-0.2, -0.15) is 0 Å². The van der Waals surface area contributed by atoms with Crippen LogP contribution in [0, 0.1) is 0 Å². The molecule has 82 valence electrons. The van der Waals surface area contributed by atoms with Crippen molar-refractivity contribution in [2.45, 2.75) is 6.92 Å². The SMILES string of the molecule is CCO/C(=C\c1ccc(OC)cc1)CO. The van der Waals surface area contributed by atoms with Crippen LogP contribution in [-0.2, 0) is 4.74 Å². The van der Waals surface area contributed by atoms with E-state index in [2.05, 4.69) is 0 Å². The van der Waals surface area contributed by atoms with Gasteiger partial charge in [0, 0.05) is 0 Å². The fourth-order valence-electron chi connectivity index (χ4n) is 1.20. The lowest BCUT2D eigenvalue weighted by atomic mass is 10.2. The molecule has 0 bridgehead atoms. The van der Waals surface area contributed by atoms with Crippen LogP contribution in [0.3, 0.4) is 0 Å². The van der Waals surface area contributed by atoms with Crippen LogP contribution >= 0.6 is 0 Å². The summed E-state index contributed by atoms with van der Waals surface area (Å²) in [6.45, 7) is 2.36. The molecule has 0 spiro atoms. The topological polar surface area (TPSA) is 38.7 Å².